The fourth-order valence-electron chi connectivity index (χ4n) is 1.37. The highest BCUT2D eigenvalue weighted by molar-refractivity contribution is 7.97. The molecule has 1 atom stereocenters. The van der Waals surface area contributed by atoms with Gasteiger partial charge in [-0.3, -0.25) is 4.72 Å². The first-order chi connectivity index (χ1) is 6.18. The first-order valence-electron chi connectivity index (χ1n) is 4.07. The Morgan fingerprint density at radius 3 is 3.00 bits per heavy atom. The van der Waals surface area contributed by atoms with Gasteiger partial charge in [0.25, 0.3) is 0 Å². The molecule has 13 heavy (non-hydrogen) atoms. The van der Waals surface area contributed by atoms with E-state index in [4.69, 9.17) is 23.2 Å². The second kappa shape index (κ2) is 3.70. The lowest BCUT2D eigenvalue weighted by molar-refractivity contribution is 0.667. The van der Waals surface area contributed by atoms with Crippen LogP contribution in [0.4, 0.5) is 0 Å². The summed E-state index contributed by atoms with van der Waals surface area (Å²) in [4.78, 5) is 1.08. The predicted molar refractivity (Wildman–Crippen MR) is 58.6 cm³/mol. The van der Waals surface area contributed by atoms with Gasteiger partial charge >= 0.3 is 0 Å². The van der Waals surface area contributed by atoms with Crippen LogP contribution in [0.3, 0.4) is 0 Å². The number of rotatable bonds is 0. The highest BCUT2D eigenvalue weighted by Gasteiger charge is 2.18. The predicted octanol–water partition coefficient (Wildman–Crippen LogP) is 3.53. The normalized spacial score (nSPS) is 21.3. The summed E-state index contributed by atoms with van der Waals surface area (Å²) in [5.74, 6) is 0. The Morgan fingerprint density at radius 1 is 1.46 bits per heavy atom. The Labute approximate surface area is 91.9 Å². The summed E-state index contributed by atoms with van der Waals surface area (Å²) >= 11 is 13.5. The summed E-state index contributed by atoms with van der Waals surface area (Å²) in [6.45, 7) is 2.15. The molecule has 0 spiro atoms. The van der Waals surface area contributed by atoms with Crippen molar-refractivity contribution in [1.82, 2.24) is 4.72 Å². The summed E-state index contributed by atoms with van der Waals surface area (Å²) in [7, 11) is 0. The number of hydrogen-bond acceptors (Lipinski definition) is 2. The Kier molecular flexibility index (Phi) is 2.75. The molecule has 0 aromatic heterocycles. The zero-order valence-electron chi connectivity index (χ0n) is 7.10. The van der Waals surface area contributed by atoms with Crippen molar-refractivity contribution >= 4 is 35.1 Å². The van der Waals surface area contributed by atoms with E-state index in [0.29, 0.717) is 16.1 Å². The van der Waals surface area contributed by atoms with Crippen molar-refractivity contribution in [3.05, 3.63) is 27.7 Å². The van der Waals surface area contributed by atoms with Gasteiger partial charge in [0, 0.05) is 10.9 Å². The molecule has 1 aliphatic heterocycles. The molecule has 70 valence electrons. The summed E-state index contributed by atoms with van der Waals surface area (Å²) in [6.07, 6.45) is 1.01. The van der Waals surface area contributed by atoms with Crippen molar-refractivity contribution in [2.24, 2.45) is 0 Å². The summed E-state index contributed by atoms with van der Waals surface area (Å²) in [6, 6.07) is 4.41. The first-order valence-corrected chi connectivity index (χ1v) is 5.65. The molecule has 0 radical (unpaired) electrons. The molecule has 1 N–H and O–H groups in total. The molecule has 4 heteroatoms. The summed E-state index contributed by atoms with van der Waals surface area (Å²) in [5.41, 5.74) is 1.28. The van der Waals surface area contributed by atoms with Gasteiger partial charge in [0.2, 0.25) is 0 Å². The van der Waals surface area contributed by atoms with Gasteiger partial charge in [0.15, 0.2) is 0 Å². The maximum absolute atomic E-state index is 6.07. The van der Waals surface area contributed by atoms with Gasteiger partial charge in [-0.05, 0) is 36.9 Å². The van der Waals surface area contributed by atoms with Crippen LogP contribution in [0.15, 0.2) is 17.0 Å². The molecule has 0 saturated heterocycles. The highest BCUT2D eigenvalue weighted by Crippen LogP contribution is 2.37. The van der Waals surface area contributed by atoms with Crippen LogP contribution in [-0.2, 0) is 6.42 Å². The standard InChI is InChI=1S/C9H9Cl2NS/c1-5-4-6-2-3-7(10)8(11)9(6)13-12-5/h2-3,5,12H,4H2,1H3. The molecular formula is C9H9Cl2NS. The zero-order chi connectivity index (χ0) is 9.42. The number of fused-ring (bicyclic) bond motifs is 1. The van der Waals surface area contributed by atoms with Crippen molar-refractivity contribution in [3.8, 4) is 0 Å². The molecule has 1 aromatic carbocycles. The van der Waals surface area contributed by atoms with E-state index in [0.717, 1.165) is 11.3 Å². The van der Waals surface area contributed by atoms with Gasteiger partial charge in [-0.15, -0.1) is 0 Å². The molecule has 1 nitrogen and oxygen atoms in total. The zero-order valence-corrected chi connectivity index (χ0v) is 9.43. The van der Waals surface area contributed by atoms with E-state index in [-0.39, 0.29) is 0 Å². The lowest BCUT2D eigenvalue weighted by Gasteiger charge is -2.23. The van der Waals surface area contributed by atoms with E-state index in [1.807, 2.05) is 12.1 Å². The van der Waals surface area contributed by atoms with Gasteiger partial charge in [0.1, 0.15) is 0 Å². The maximum Gasteiger partial charge on any atom is 0.0744 e. The van der Waals surface area contributed by atoms with E-state index in [9.17, 15) is 0 Å². The van der Waals surface area contributed by atoms with Gasteiger partial charge in [-0.1, -0.05) is 29.3 Å². The average molecular weight is 234 g/mol. The van der Waals surface area contributed by atoms with Crippen LogP contribution < -0.4 is 4.72 Å². The van der Waals surface area contributed by atoms with E-state index in [1.165, 1.54) is 5.56 Å². The second-order valence-electron chi connectivity index (χ2n) is 3.17. The molecule has 0 amide bonds. The van der Waals surface area contributed by atoms with E-state index in [1.54, 1.807) is 11.9 Å². The van der Waals surface area contributed by atoms with Crippen molar-refractivity contribution in [2.45, 2.75) is 24.3 Å². The Hall–Kier alpha value is 0.110. The van der Waals surface area contributed by atoms with Crippen LogP contribution in [0.5, 0.6) is 0 Å². The molecule has 1 unspecified atom stereocenters. The Balaban J connectivity index is 2.47. The van der Waals surface area contributed by atoms with Gasteiger partial charge in [-0.25, -0.2) is 0 Å². The minimum Gasteiger partial charge on any atom is -0.257 e. The third-order valence-electron chi connectivity index (χ3n) is 2.02. The molecule has 2 rings (SSSR count). The minimum absolute atomic E-state index is 0.495. The van der Waals surface area contributed by atoms with E-state index in [2.05, 4.69) is 11.6 Å². The third-order valence-corrected chi connectivity index (χ3v) is 4.13. The number of halogens is 2. The van der Waals surface area contributed by atoms with Crippen molar-refractivity contribution in [3.63, 3.8) is 0 Å². The van der Waals surface area contributed by atoms with E-state index < -0.39 is 0 Å². The molecule has 1 heterocycles. The van der Waals surface area contributed by atoms with Gasteiger partial charge in [0.05, 0.1) is 10.0 Å². The first kappa shape index (κ1) is 9.66. The topological polar surface area (TPSA) is 12.0 Å². The maximum atomic E-state index is 6.07. The highest BCUT2D eigenvalue weighted by atomic mass is 35.5. The molecule has 0 fully saturated rings. The summed E-state index contributed by atoms with van der Waals surface area (Å²) in [5, 5.41) is 1.30. The molecule has 0 aliphatic carbocycles. The molecule has 0 bridgehead atoms. The Morgan fingerprint density at radius 2 is 2.23 bits per heavy atom. The lowest BCUT2D eigenvalue weighted by Crippen LogP contribution is -2.26. The molecule has 1 aliphatic rings. The summed E-state index contributed by atoms with van der Waals surface area (Å²) < 4.78 is 3.28. The number of hydrogen-bond donors (Lipinski definition) is 1. The third kappa shape index (κ3) is 1.82. The van der Waals surface area contributed by atoms with Crippen LogP contribution in [0.25, 0.3) is 0 Å². The SMILES string of the molecule is CC1Cc2ccc(Cl)c(Cl)c2SN1. The van der Waals surface area contributed by atoms with Crippen molar-refractivity contribution in [2.75, 3.05) is 0 Å². The van der Waals surface area contributed by atoms with E-state index >= 15 is 0 Å². The second-order valence-corrected chi connectivity index (χ2v) is 4.81. The molecule has 0 saturated carbocycles. The lowest BCUT2D eigenvalue weighted by atomic mass is 10.1. The minimum atomic E-state index is 0.495. The number of benzene rings is 1. The Bertz CT molecular complexity index is 341. The quantitative estimate of drug-likeness (QED) is 0.689. The average Bonchev–Trinajstić information content (AvgIpc) is 2.12. The van der Waals surface area contributed by atoms with Crippen LogP contribution >= 0.6 is 35.1 Å². The van der Waals surface area contributed by atoms with Gasteiger partial charge < -0.3 is 0 Å². The van der Waals surface area contributed by atoms with Crippen LogP contribution in [0.2, 0.25) is 10.0 Å². The van der Waals surface area contributed by atoms with Crippen molar-refractivity contribution in [1.29, 1.82) is 0 Å². The van der Waals surface area contributed by atoms with Crippen LogP contribution in [-0.4, -0.2) is 6.04 Å². The fraction of sp³-hybridized carbons (Fsp3) is 0.333. The van der Waals surface area contributed by atoms with Crippen molar-refractivity contribution < 1.29 is 0 Å². The molecular weight excluding hydrogens is 225 g/mol. The van der Waals surface area contributed by atoms with Crippen LogP contribution in [0.1, 0.15) is 12.5 Å². The number of nitrogens with one attached hydrogen (secondary N) is 1. The smallest absolute Gasteiger partial charge is 0.0744 e. The van der Waals surface area contributed by atoms with Gasteiger partial charge in [-0.2, -0.15) is 0 Å². The fourth-order valence-corrected chi connectivity index (χ4v) is 2.77. The molecule has 1 aromatic rings. The van der Waals surface area contributed by atoms with Crippen LogP contribution in [0, 0.1) is 0 Å². The monoisotopic (exact) mass is 233 g/mol. The largest absolute Gasteiger partial charge is 0.257 e.